The highest BCUT2D eigenvalue weighted by Gasteiger charge is 2.23. The van der Waals surface area contributed by atoms with Crippen LogP contribution in [0.15, 0.2) is 12.4 Å². The second-order valence-corrected chi connectivity index (χ2v) is 7.13. The van der Waals surface area contributed by atoms with Crippen LogP contribution in [0.1, 0.15) is 39.2 Å². The number of hydrogen-bond acceptors (Lipinski definition) is 3. The molecule has 0 spiro atoms. The van der Waals surface area contributed by atoms with E-state index in [0.717, 1.165) is 18.4 Å². The highest BCUT2D eigenvalue weighted by atomic mass is 32.2. The van der Waals surface area contributed by atoms with Crippen LogP contribution in [0.25, 0.3) is 0 Å². The van der Waals surface area contributed by atoms with Crippen molar-refractivity contribution in [1.29, 1.82) is 0 Å². The van der Waals surface area contributed by atoms with Crippen molar-refractivity contribution in [3.63, 3.8) is 0 Å². The summed E-state index contributed by atoms with van der Waals surface area (Å²) in [6, 6.07) is 0. The van der Waals surface area contributed by atoms with E-state index in [0.29, 0.717) is 13.1 Å². The molecule has 0 bridgehead atoms. The van der Waals surface area contributed by atoms with E-state index in [1.807, 2.05) is 27.1 Å². The van der Waals surface area contributed by atoms with Crippen molar-refractivity contribution in [2.45, 2.75) is 40.2 Å². The third kappa shape index (κ3) is 4.95. The number of sulfonamides is 1. The van der Waals surface area contributed by atoms with Gasteiger partial charge >= 0.3 is 0 Å². The van der Waals surface area contributed by atoms with Crippen molar-refractivity contribution < 1.29 is 8.42 Å². The smallest absolute Gasteiger partial charge is 0.214 e. The van der Waals surface area contributed by atoms with E-state index >= 15 is 0 Å². The Kier molecular flexibility index (Phi) is 6.00. The summed E-state index contributed by atoms with van der Waals surface area (Å²) < 4.78 is 27.9. The molecule has 6 heteroatoms. The fourth-order valence-corrected chi connectivity index (χ4v) is 4.04. The number of aryl methyl sites for hydroxylation is 1. The number of aromatic nitrogens is 2. The molecule has 19 heavy (non-hydrogen) atoms. The van der Waals surface area contributed by atoms with E-state index in [1.165, 1.54) is 4.31 Å². The first-order valence-electron chi connectivity index (χ1n) is 6.84. The first-order valence-corrected chi connectivity index (χ1v) is 8.45. The van der Waals surface area contributed by atoms with E-state index < -0.39 is 10.0 Å². The molecule has 5 nitrogen and oxygen atoms in total. The second-order valence-electron chi connectivity index (χ2n) is 5.12. The lowest BCUT2D eigenvalue weighted by Gasteiger charge is -2.22. The van der Waals surface area contributed by atoms with Gasteiger partial charge in [0.25, 0.3) is 0 Å². The van der Waals surface area contributed by atoms with Gasteiger partial charge in [0, 0.05) is 31.9 Å². The molecular formula is C13H25N3O2S. The first kappa shape index (κ1) is 16.2. The molecule has 0 saturated heterocycles. The minimum absolute atomic E-state index is 0.206. The van der Waals surface area contributed by atoms with Crippen LogP contribution >= 0.6 is 0 Å². The first-order chi connectivity index (χ1) is 8.89. The average molecular weight is 287 g/mol. The quantitative estimate of drug-likeness (QED) is 0.735. The van der Waals surface area contributed by atoms with Gasteiger partial charge < -0.3 is 0 Å². The van der Waals surface area contributed by atoms with Gasteiger partial charge in [-0.05, 0) is 12.3 Å². The van der Waals surface area contributed by atoms with Crippen molar-refractivity contribution in [3.05, 3.63) is 18.0 Å². The fraction of sp³-hybridized carbons (Fsp3) is 0.769. The Hall–Kier alpha value is -0.880. The Balaban J connectivity index is 2.72. The molecule has 0 saturated carbocycles. The van der Waals surface area contributed by atoms with Gasteiger partial charge in [0.2, 0.25) is 10.0 Å². The van der Waals surface area contributed by atoms with Gasteiger partial charge in [0.1, 0.15) is 0 Å². The van der Waals surface area contributed by atoms with Gasteiger partial charge in [0.15, 0.2) is 0 Å². The lowest BCUT2D eigenvalue weighted by Crippen LogP contribution is -2.34. The van der Waals surface area contributed by atoms with Crippen molar-refractivity contribution in [3.8, 4) is 0 Å². The summed E-state index contributed by atoms with van der Waals surface area (Å²) in [5.41, 5.74) is 0.927. The van der Waals surface area contributed by atoms with Gasteiger partial charge in [-0.2, -0.15) is 9.40 Å². The molecule has 0 aromatic carbocycles. The Morgan fingerprint density at radius 3 is 2.58 bits per heavy atom. The number of nitrogens with zero attached hydrogens (tertiary/aromatic N) is 3. The molecule has 0 fully saturated rings. The molecule has 1 heterocycles. The zero-order chi connectivity index (χ0) is 14.5. The Morgan fingerprint density at radius 2 is 2.11 bits per heavy atom. The summed E-state index contributed by atoms with van der Waals surface area (Å²) in [4.78, 5) is 0. The summed E-state index contributed by atoms with van der Waals surface area (Å²) in [5.74, 6) is 0.438. The molecule has 1 aromatic rings. The van der Waals surface area contributed by atoms with Crippen LogP contribution in [0.3, 0.4) is 0 Å². The SMILES string of the molecule is CCCC(C)CS(=O)(=O)N(CC)Cc1cnn(C)c1. The third-order valence-corrected chi connectivity index (χ3v) is 5.30. The normalized spacial score (nSPS) is 13.9. The van der Waals surface area contributed by atoms with E-state index in [4.69, 9.17) is 0 Å². The molecule has 1 aromatic heterocycles. The molecule has 1 rings (SSSR count). The van der Waals surface area contributed by atoms with Gasteiger partial charge in [-0.1, -0.05) is 27.2 Å². The molecule has 0 aliphatic heterocycles. The Labute approximate surface area is 116 Å². The molecule has 1 unspecified atom stereocenters. The molecule has 0 aliphatic carbocycles. The van der Waals surface area contributed by atoms with Gasteiger partial charge in [-0.25, -0.2) is 8.42 Å². The largest absolute Gasteiger partial charge is 0.275 e. The lowest BCUT2D eigenvalue weighted by molar-refractivity contribution is 0.414. The van der Waals surface area contributed by atoms with Crippen LogP contribution in [-0.4, -0.2) is 34.8 Å². The third-order valence-electron chi connectivity index (χ3n) is 3.14. The molecule has 0 amide bonds. The zero-order valence-electron chi connectivity index (χ0n) is 12.3. The maximum absolute atomic E-state index is 12.4. The second kappa shape index (κ2) is 7.05. The van der Waals surface area contributed by atoms with E-state index in [-0.39, 0.29) is 11.7 Å². The van der Waals surface area contributed by atoms with Crippen LogP contribution in [0, 0.1) is 5.92 Å². The monoisotopic (exact) mass is 287 g/mol. The van der Waals surface area contributed by atoms with E-state index in [2.05, 4.69) is 12.0 Å². The van der Waals surface area contributed by atoms with Crippen LogP contribution in [-0.2, 0) is 23.6 Å². The maximum Gasteiger partial charge on any atom is 0.214 e. The molecule has 0 radical (unpaired) electrons. The average Bonchev–Trinajstić information content (AvgIpc) is 2.71. The molecule has 110 valence electrons. The van der Waals surface area contributed by atoms with Crippen molar-refractivity contribution in [2.24, 2.45) is 13.0 Å². The summed E-state index contributed by atoms with van der Waals surface area (Å²) in [6.07, 6.45) is 5.54. The summed E-state index contributed by atoms with van der Waals surface area (Å²) in [7, 11) is -1.36. The standard InChI is InChI=1S/C13H25N3O2S/c1-5-7-12(3)11-19(17,18)16(6-2)10-13-8-14-15(4)9-13/h8-9,12H,5-7,10-11H2,1-4H3. The molecule has 1 atom stereocenters. The molecule has 0 aliphatic rings. The van der Waals surface area contributed by atoms with Gasteiger partial charge in [-0.3, -0.25) is 4.68 Å². The van der Waals surface area contributed by atoms with Crippen molar-refractivity contribution in [1.82, 2.24) is 14.1 Å². The fourth-order valence-electron chi connectivity index (χ4n) is 2.21. The lowest BCUT2D eigenvalue weighted by atomic mass is 10.1. The van der Waals surface area contributed by atoms with E-state index in [9.17, 15) is 8.42 Å². The minimum atomic E-state index is -3.19. The van der Waals surface area contributed by atoms with Crippen LogP contribution in [0.4, 0.5) is 0 Å². The summed E-state index contributed by atoms with van der Waals surface area (Å²) in [5, 5.41) is 4.07. The minimum Gasteiger partial charge on any atom is -0.275 e. The van der Waals surface area contributed by atoms with Crippen LogP contribution in [0.5, 0.6) is 0 Å². The van der Waals surface area contributed by atoms with Crippen LogP contribution < -0.4 is 0 Å². The summed E-state index contributed by atoms with van der Waals surface area (Å²) >= 11 is 0. The van der Waals surface area contributed by atoms with Crippen LogP contribution in [0.2, 0.25) is 0 Å². The topological polar surface area (TPSA) is 55.2 Å². The van der Waals surface area contributed by atoms with Crippen molar-refractivity contribution >= 4 is 10.0 Å². The predicted octanol–water partition coefficient (Wildman–Crippen LogP) is 2.01. The maximum atomic E-state index is 12.4. The van der Waals surface area contributed by atoms with Gasteiger partial charge in [0.05, 0.1) is 11.9 Å². The highest BCUT2D eigenvalue weighted by Crippen LogP contribution is 2.14. The zero-order valence-corrected chi connectivity index (χ0v) is 13.2. The summed E-state index contributed by atoms with van der Waals surface area (Å²) in [6.45, 7) is 6.86. The van der Waals surface area contributed by atoms with E-state index in [1.54, 1.807) is 10.9 Å². The Bertz CT molecular complexity index is 482. The molecule has 0 N–H and O–H groups in total. The number of hydrogen-bond donors (Lipinski definition) is 0. The molecular weight excluding hydrogens is 262 g/mol. The highest BCUT2D eigenvalue weighted by molar-refractivity contribution is 7.89. The predicted molar refractivity (Wildman–Crippen MR) is 77.2 cm³/mol. The Morgan fingerprint density at radius 1 is 1.42 bits per heavy atom. The van der Waals surface area contributed by atoms with Gasteiger partial charge in [-0.15, -0.1) is 0 Å². The number of rotatable bonds is 8. The van der Waals surface area contributed by atoms with Crippen molar-refractivity contribution in [2.75, 3.05) is 12.3 Å².